The van der Waals surface area contributed by atoms with E-state index in [1.165, 1.54) is 0 Å². The van der Waals surface area contributed by atoms with Crippen LogP contribution in [0.3, 0.4) is 0 Å². The van der Waals surface area contributed by atoms with Crippen molar-refractivity contribution >= 4 is 0 Å². The van der Waals surface area contributed by atoms with E-state index in [-0.39, 0.29) is 0 Å². The molecule has 62 valence electrons. The Bertz CT molecular complexity index is 107. The number of nitrogens with two attached hydrogens (primary N) is 1. The molecule has 0 amide bonds. The molecule has 10 heavy (non-hydrogen) atoms. The molecule has 0 aromatic rings. The fourth-order valence-corrected chi connectivity index (χ4v) is 0.284. The van der Waals surface area contributed by atoms with Gasteiger partial charge in [0.25, 0.3) is 0 Å². The minimum absolute atomic E-state index is 1.16. The Balaban J connectivity index is 4.09. The fraction of sp³-hybridized carbons (Fsp3) is 1.00. The van der Waals surface area contributed by atoms with Gasteiger partial charge in [0.05, 0.1) is 12.6 Å². The predicted octanol–water partition coefficient (Wildman–Crippen LogP) is 0.206. The lowest BCUT2D eigenvalue weighted by molar-refractivity contribution is -0.149. The average molecular weight is 161 g/mol. The van der Waals surface area contributed by atoms with Crippen molar-refractivity contribution in [3.8, 4) is 0 Å². The Kier molecular flexibility index (Phi) is 3.04. The second kappa shape index (κ2) is 3.16. The summed E-state index contributed by atoms with van der Waals surface area (Å²) in [6, 6.07) is -2.19. The highest BCUT2D eigenvalue weighted by Gasteiger charge is 2.46. The Morgan fingerprint density at radius 2 is 1.80 bits per heavy atom. The summed E-state index contributed by atoms with van der Waals surface area (Å²) in [4.78, 5) is 0. The Hall–Kier alpha value is -0.360. The van der Waals surface area contributed by atoms with Crippen molar-refractivity contribution in [1.29, 1.82) is 0 Å². The molecule has 0 aliphatic carbocycles. The molecule has 0 saturated carbocycles. The first-order chi connectivity index (χ1) is 4.42. The van der Waals surface area contributed by atoms with E-state index in [0.29, 0.717) is 0 Å². The molecule has 0 heterocycles. The van der Waals surface area contributed by atoms with Gasteiger partial charge in [-0.15, -0.1) is 0 Å². The summed E-state index contributed by atoms with van der Waals surface area (Å²) in [6.07, 6.45) is -3.82. The van der Waals surface area contributed by atoms with E-state index in [1.54, 1.807) is 0 Å². The van der Waals surface area contributed by atoms with Gasteiger partial charge in [-0.2, -0.15) is 8.78 Å². The van der Waals surface area contributed by atoms with Crippen LogP contribution >= 0.6 is 0 Å². The van der Waals surface area contributed by atoms with E-state index in [2.05, 4.69) is 5.73 Å². The Morgan fingerprint density at radius 3 is 1.90 bits per heavy atom. The van der Waals surface area contributed by atoms with Gasteiger partial charge in [0.1, 0.15) is 0 Å². The van der Waals surface area contributed by atoms with Gasteiger partial charge in [-0.3, -0.25) is 0 Å². The van der Waals surface area contributed by atoms with Crippen LogP contribution in [-0.2, 0) is 0 Å². The molecule has 3 N–H and O–H groups in total. The second-order valence-corrected chi connectivity index (χ2v) is 1.76. The summed E-state index contributed by atoms with van der Waals surface area (Å²) >= 11 is 0. The maximum Gasteiger partial charge on any atom is 0.324 e. The molecule has 0 rings (SSSR count). The molecule has 0 bridgehead atoms. The lowest BCUT2D eigenvalue weighted by atomic mass is 10.2. The van der Waals surface area contributed by atoms with E-state index in [1.807, 2.05) is 0 Å². The summed E-state index contributed by atoms with van der Waals surface area (Å²) in [5.41, 5.74) is 4.47. The van der Waals surface area contributed by atoms with Crippen LogP contribution in [-0.4, -0.2) is 30.1 Å². The van der Waals surface area contributed by atoms with Gasteiger partial charge in [0.15, 0.2) is 0 Å². The van der Waals surface area contributed by atoms with Crippen LogP contribution in [0.25, 0.3) is 0 Å². The van der Waals surface area contributed by atoms with Crippen molar-refractivity contribution in [1.82, 2.24) is 0 Å². The lowest BCUT2D eigenvalue weighted by Gasteiger charge is -2.20. The van der Waals surface area contributed by atoms with Gasteiger partial charge in [-0.1, -0.05) is 0 Å². The lowest BCUT2D eigenvalue weighted by Crippen LogP contribution is -2.48. The number of aliphatic hydroxyl groups is 1. The monoisotopic (exact) mass is 161 g/mol. The highest BCUT2D eigenvalue weighted by Crippen LogP contribution is 2.25. The average Bonchev–Trinajstić information content (AvgIpc) is 1.86. The smallest absolute Gasteiger partial charge is 0.324 e. The first-order valence-electron chi connectivity index (χ1n) is 2.45. The van der Waals surface area contributed by atoms with Crippen LogP contribution < -0.4 is 5.73 Å². The van der Waals surface area contributed by atoms with Crippen molar-refractivity contribution in [2.24, 2.45) is 5.73 Å². The number of halogens is 4. The number of alkyl halides is 4. The summed E-state index contributed by atoms with van der Waals surface area (Å²) in [5, 5.41) is 7.98. The summed E-state index contributed by atoms with van der Waals surface area (Å²) in [5.74, 6) is -4.30. The normalized spacial score (nSPS) is 15.9. The highest BCUT2D eigenvalue weighted by molar-refractivity contribution is 4.81. The molecular weight excluding hydrogens is 154 g/mol. The van der Waals surface area contributed by atoms with Crippen molar-refractivity contribution < 1.29 is 22.7 Å². The van der Waals surface area contributed by atoms with Crippen LogP contribution in [0.15, 0.2) is 0 Å². The van der Waals surface area contributed by atoms with Gasteiger partial charge >= 0.3 is 12.3 Å². The van der Waals surface area contributed by atoms with E-state index >= 15 is 0 Å². The zero-order valence-electron chi connectivity index (χ0n) is 4.90. The zero-order valence-corrected chi connectivity index (χ0v) is 4.90. The molecule has 0 radical (unpaired) electrons. The van der Waals surface area contributed by atoms with Gasteiger partial charge in [-0.25, -0.2) is 8.78 Å². The van der Waals surface area contributed by atoms with Crippen LogP contribution in [0, 0.1) is 0 Å². The maximum absolute atomic E-state index is 11.9. The minimum atomic E-state index is -4.30. The summed E-state index contributed by atoms with van der Waals surface area (Å²) in [6.45, 7) is -1.16. The number of hydrogen-bond donors (Lipinski definition) is 2. The van der Waals surface area contributed by atoms with Gasteiger partial charge < -0.3 is 10.8 Å². The van der Waals surface area contributed by atoms with Gasteiger partial charge in [0, 0.05) is 0 Å². The molecular formula is C4H7F4NO. The third kappa shape index (κ3) is 1.81. The van der Waals surface area contributed by atoms with Crippen molar-refractivity contribution in [3.63, 3.8) is 0 Å². The van der Waals surface area contributed by atoms with E-state index in [0.717, 1.165) is 0 Å². The molecule has 0 aromatic heterocycles. The molecule has 0 fully saturated rings. The predicted molar refractivity (Wildman–Crippen MR) is 26.0 cm³/mol. The fourth-order valence-electron chi connectivity index (χ4n) is 0.284. The third-order valence-electron chi connectivity index (χ3n) is 0.982. The van der Waals surface area contributed by atoms with E-state index < -0.39 is 25.0 Å². The number of aliphatic hydroxyl groups excluding tert-OH is 1. The van der Waals surface area contributed by atoms with Crippen LogP contribution in [0.4, 0.5) is 17.6 Å². The SMILES string of the molecule is N[C@@H](CO)C(F)(F)C(F)F. The molecule has 2 nitrogen and oxygen atoms in total. The first-order valence-corrected chi connectivity index (χ1v) is 2.45. The van der Waals surface area contributed by atoms with Crippen LogP contribution in [0.5, 0.6) is 0 Å². The Labute approximate surface area is 54.6 Å². The topological polar surface area (TPSA) is 46.2 Å². The standard InChI is InChI=1S/C4H7F4NO/c5-3(6)4(7,8)2(9)1-10/h2-3,10H,1,9H2/t2-/m0/s1. The Morgan fingerprint density at radius 1 is 1.40 bits per heavy atom. The first kappa shape index (κ1) is 9.64. The van der Waals surface area contributed by atoms with Crippen molar-refractivity contribution in [2.75, 3.05) is 6.61 Å². The van der Waals surface area contributed by atoms with Gasteiger partial charge in [0.2, 0.25) is 0 Å². The summed E-state index contributed by atoms with van der Waals surface area (Å²) < 4.78 is 46.4. The van der Waals surface area contributed by atoms with Gasteiger partial charge in [-0.05, 0) is 0 Å². The van der Waals surface area contributed by atoms with E-state index in [4.69, 9.17) is 5.11 Å². The molecule has 0 aliphatic heterocycles. The molecule has 0 aliphatic rings. The number of rotatable bonds is 3. The third-order valence-corrected chi connectivity index (χ3v) is 0.982. The van der Waals surface area contributed by atoms with Crippen LogP contribution in [0.1, 0.15) is 0 Å². The zero-order chi connectivity index (χ0) is 8.36. The molecule has 0 aromatic carbocycles. The van der Waals surface area contributed by atoms with Crippen LogP contribution in [0.2, 0.25) is 0 Å². The van der Waals surface area contributed by atoms with Crippen molar-refractivity contribution in [3.05, 3.63) is 0 Å². The molecule has 1 atom stereocenters. The molecule has 0 saturated heterocycles. The molecule has 0 unspecified atom stereocenters. The maximum atomic E-state index is 11.9. The van der Waals surface area contributed by atoms with Crippen molar-refractivity contribution in [2.45, 2.75) is 18.4 Å². The summed E-state index contributed by atoms with van der Waals surface area (Å²) in [7, 11) is 0. The second-order valence-electron chi connectivity index (χ2n) is 1.76. The highest BCUT2D eigenvalue weighted by atomic mass is 19.3. The number of hydrogen-bond acceptors (Lipinski definition) is 2. The largest absolute Gasteiger partial charge is 0.395 e. The molecule has 6 heteroatoms. The van der Waals surface area contributed by atoms with E-state index in [9.17, 15) is 17.6 Å². The molecule has 0 spiro atoms. The quantitative estimate of drug-likeness (QED) is 0.581. The minimum Gasteiger partial charge on any atom is -0.395 e.